The van der Waals surface area contributed by atoms with Crippen LogP contribution in [0.2, 0.25) is 0 Å². The van der Waals surface area contributed by atoms with Gasteiger partial charge in [0.2, 0.25) is 5.91 Å². The molecule has 0 fully saturated rings. The van der Waals surface area contributed by atoms with Crippen molar-refractivity contribution in [1.82, 2.24) is 20.3 Å². The summed E-state index contributed by atoms with van der Waals surface area (Å²) in [4.78, 5) is 47.3. The van der Waals surface area contributed by atoms with E-state index in [2.05, 4.69) is 20.3 Å². The summed E-state index contributed by atoms with van der Waals surface area (Å²) < 4.78 is 0. The van der Waals surface area contributed by atoms with Crippen molar-refractivity contribution < 1.29 is 19.5 Å². The fraction of sp³-hybridized carbons (Fsp3) is 0.125. The number of carboxylic acid groups (broad SMARTS) is 1. The Morgan fingerprint density at radius 2 is 1.67 bits per heavy atom. The molecule has 33 heavy (non-hydrogen) atoms. The zero-order valence-electron chi connectivity index (χ0n) is 16.8. The van der Waals surface area contributed by atoms with Crippen LogP contribution in [0.15, 0.2) is 67.0 Å². The molecule has 0 aliphatic carbocycles. The first-order chi connectivity index (χ1) is 15.4. The van der Waals surface area contributed by atoms with Gasteiger partial charge < -0.3 is 21.1 Å². The molecule has 1 atom stereocenters. The standard InChI is InChI=1S/C23H19N5O4.CH4/c24-20(29)19(11-13-1-3-15(4-2-13)23(31)32)28-22(30)16-5-6-17-18(12-16)27-21(26-17)14-7-9-25-10-8-14;/h1-10,12,19H,11H2,(H2,24,29)(H,26,27)(H,28,30)(H,31,32);1H4/t19-;/m0./s1. The molecule has 0 aliphatic heterocycles. The summed E-state index contributed by atoms with van der Waals surface area (Å²) in [6, 6.07) is 13.7. The van der Waals surface area contributed by atoms with Gasteiger partial charge in [0.05, 0.1) is 16.6 Å². The van der Waals surface area contributed by atoms with Crippen LogP contribution in [0.4, 0.5) is 0 Å². The van der Waals surface area contributed by atoms with E-state index in [0.29, 0.717) is 28.0 Å². The van der Waals surface area contributed by atoms with Crippen LogP contribution >= 0.6 is 0 Å². The van der Waals surface area contributed by atoms with Crippen molar-refractivity contribution in [3.63, 3.8) is 0 Å². The van der Waals surface area contributed by atoms with Crippen LogP contribution in [-0.4, -0.2) is 43.9 Å². The van der Waals surface area contributed by atoms with Crippen molar-refractivity contribution >= 4 is 28.8 Å². The Kier molecular flexibility index (Phi) is 6.82. The number of hydrogen-bond acceptors (Lipinski definition) is 5. The molecular weight excluding hydrogens is 422 g/mol. The predicted molar refractivity (Wildman–Crippen MR) is 124 cm³/mol. The molecule has 4 aromatic rings. The van der Waals surface area contributed by atoms with Gasteiger partial charge >= 0.3 is 5.97 Å². The molecule has 0 bridgehead atoms. The third-order valence-electron chi connectivity index (χ3n) is 4.99. The molecule has 2 heterocycles. The number of fused-ring (bicyclic) bond motifs is 1. The Morgan fingerprint density at radius 1 is 1.00 bits per heavy atom. The minimum absolute atomic E-state index is 0. The number of benzene rings is 2. The summed E-state index contributed by atoms with van der Waals surface area (Å²) >= 11 is 0. The molecule has 2 aromatic carbocycles. The molecule has 0 spiro atoms. The van der Waals surface area contributed by atoms with E-state index in [1.807, 2.05) is 12.1 Å². The summed E-state index contributed by atoms with van der Waals surface area (Å²) in [6.07, 6.45) is 3.47. The highest BCUT2D eigenvalue weighted by molar-refractivity contribution is 6.00. The molecule has 168 valence electrons. The number of nitrogens with zero attached hydrogens (tertiary/aromatic N) is 2. The normalized spacial score (nSPS) is 11.4. The Bertz CT molecular complexity index is 1300. The molecule has 4 rings (SSSR count). The highest BCUT2D eigenvalue weighted by Gasteiger charge is 2.20. The van der Waals surface area contributed by atoms with Crippen molar-refractivity contribution in [2.75, 3.05) is 0 Å². The van der Waals surface area contributed by atoms with Crippen molar-refractivity contribution in [2.45, 2.75) is 19.9 Å². The van der Waals surface area contributed by atoms with Gasteiger partial charge in [-0.15, -0.1) is 0 Å². The van der Waals surface area contributed by atoms with E-state index in [9.17, 15) is 14.4 Å². The molecule has 0 saturated carbocycles. The third-order valence-corrected chi connectivity index (χ3v) is 4.99. The molecule has 5 N–H and O–H groups in total. The van der Waals surface area contributed by atoms with Crippen LogP contribution in [0.5, 0.6) is 0 Å². The van der Waals surface area contributed by atoms with Gasteiger partial charge in [-0.1, -0.05) is 19.6 Å². The second-order valence-electron chi connectivity index (χ2n) is 7.19. The highest BCUT2D eigenvalue weighted by Crippen LogP contribution is 2.21. The lowest BCUT2D eigenvalue weighted by atomic mass is 10.0. The predicted octanol–water partition coefficient (Wildman–Crippen LogP) is 2.79. The largest absolute Gasteiger partial charge is 0.478 e. The van der Waals surface area contributed by atoms with Crippen LogP contribution in [0.25, 0.3) is 22.4 Å². The average Bonchev–Trinajstić information content (AvgIpc) is 3.23. The number of imidazole rings is 1. The Hall–Kier alpha value is -4.53. The highest BCUT2D eigenvalue weighted by atomic mass is 16.4. The van der Waals surface area contributed by atoms with Gasteiger partial charge in [-0.05, 0) is 48.0 Å². The van der Waals surface area contributed by atoms with E-state index in [-0.39, 0.29) is 19.4 Å². The lowest BCUT2D eigenvalue weighted by Gasteiger charge is -2.16. The number of aromatic carboxylic acids is 1. The lowest BCUT2D eigenvalue weighted by molar-refractivity contribution is -0.119. The average molecular weight is 445 g/mol. The first-order valence-electron chi connectivity index (χ1n) is 9.73. The number of pyridine rings is 1. The maximum atomic E-state index is 12.8. The Morgan fingerprint density at radius 3 is 2.30 bits per heavy atom. The number of aromatic nitrogens is 3. The molecule has 0 unspecified atom stereocenters. The Labute approximate surface area is 189 Å². The number of aromatic amines is 1. The topological polar surface area (TPSA) is 151 Å². The minimum Gasteiger partial charge on any atom is -0.478 e. The molecule has 2 amide bonds. The SMILES string of the molecule is C.NC(=O)[C@H](Cc1ccc(C(=O)O)cc1)NC(=O)c1ccc2nc(-c3ccncc3)[nH]c2c1. The number of rotatable bonds is 7. The summed E-state index contributed by atoms with van der Waals surface area (Å²) in [7, 11) is 0. The van der Waals surface area contributed by atoms with E-state index in [1.54, 1.807) is 42.7 Å². The molecule has 0 radical (unpaired) electrons. The number of nitrogens with one attached hydrogen (secondary N) is 2. The van der Waals surface area contributed by atoms with Crippen LogP contribution in [0, 0.1) is 0 Å². The number of carbonyl (C=O) groups is 3. The van der Waals surface area contributed by atoms with Gasteiger partial charge in [0, 0.05) is 29.9 Å². The number of nitrogens with two attached hydrogens (primary N) is 1. The molecule has 2 aromatic heterocycles. The molecule has 0 aliphatic rings. The molecular formula is C24H23N5O4. The number of carboxylic acids is 1. The van der Waals surface area contributed by atoms with Gasteiger partial charge in [0.1, 0.15) is 11.9 Å². The number of amides is 2. The number of primary amides is 1. The fourth-order valence-electron chi connectivity index (χ4n) is 3.28. The number of carbonyl (C=O) groups excluding carboxylic acids is 2. The molecule has 9 heteroatoms. The first kappa shape index (κ1) is 23.1. The fourth-order valence-corrected chi connectivity index (χ4v) is 3.28. The molecule has 9 nitrogen and oxygen atoms in total. The van der Waals surface area contributed by atoms with E-state index in [1.165, 1.54) is 12.1 Å². The van der Waals surface area contributed by atoms with Gasteiger partial charge in [0.15, 0.2) is 0 Å². The summed E-state index contributed by atoms with van der Waals surface area (Å²) in [5.74, 6) is -1.54. The lowest BCUT2D eigenvalue weighted by Crippen LogP contribution is -2.45. The van der Waals surface area contributed by atoms with Gasteiger partial charge in [-0.3, -0.25) is 14.6 Å². The van der Waals surface area contributed by atoms with Gasteiger partial charge in [-0.2, -0.15) is 0 Å². The van der Waals surface area contributed by atoms with Crippen molar-refractivity contribution in [3.8, 4) is 11.4 Å². The number of hydrogen-bond donors (Lipinski definition) is 4. The van der Waals surface area contributed by atoms with Crippen LogP contribution in [0.1, 0.15) is 33.7 Å². The zero-order chi connectivity index (χ0) is 22.7. The monoisotopic (exact) mass is 445 g/mol. The van der Waals surface area contributed by atoms with Crippen molar-refractivity contribution in [3.05, 3.63) is 83.7 Å². The smallest absolute Gasteiger partial charge is 0.335 e. The summed E-state index contributed by atoms with van der Waals surface area (Å²) in [6.45, 7) is 0. The quantitative estimate of drug-likeness (QED) is 0.343. The van der Waals surface area contributed by atoms with Crippen LogP contribution < -0.4 is 11.1 Å². The third kappa shape index (κ3) is 5.21. The second kappa shape index (κ2) is 9.73. The summed E-state index contributed by atoms with van der Waals surface area (Å²) in [5, 5.41) is 11.6. The second-order valence-corrected chi connectivity index (χ2v) is 7.19. The van der Waals surface area contributed by atoms with E-state index in [0.717, 1.165) is 5.56 Å². The maximum absolute atomic E-state index is 12.8. The van der Waals surface area contributed by atoms with Gasteiger partial charge in [-0.25, -0.2) is 9.78 Å². The first-order valence-corrected chi connectivity index (χ1v) is 9.73. The zero-order valence-corrected chi connectivity index (χ0v) is 16.8. The minimum atomic E-state index is -1.04. The van der Waals surface area contributed by atoms with Gasteiger partial charge in [0.25, 0.3) is 5.91 Å². The summed E-state index contributed by atoms with van der Waals surface area (Å²) in [5.41, 5.74) is 8.85. The Balaban J connectivity index is 0.00000306. The van der Waals surface area contributed by atoms with Crippen molar-refractivity contribution in [1.29, 1.82) is 0 Å². The van der Waals surface area contributed by atoms with Crippen molar-refractivity contribution in [2.24, 2.45) is 5.73 Å². The van der Waals surface area contributed by atoms with E-state index in [4.69, 9.17) is 10.8 Å². The molecule has 0 saturated heterocycles. The van der Waals surface area contributed by atoms with E-state index >= 15 is 0 Å². The van der Waals surface area contributed by atoms with Crippen LogP contribution in [0.3, 0.4) is 0 Å². The van der Waals surface area contributed by atoms with Crippen LogP contribution in [-0.2, 0) is 11.2 Å². The maximum Gasteiger partial charge on any atom is 0.335 e. The van der Waals surface area contributed by atoms with E-state index < -0.39 is 23.8 Å². The number of H-pyrrole nitrogens is 1.